The number of amides is 2. The SMILES string of the molecule is COC(=O)[C@H](CC(C)C)NC(=O)CNC(=O)CCn1c(-c2cccc(C)c2)n[nH]c1=S. The largest absolute Gasteiger partial charge is 0.467 e. The molecule has 0 aliphatic carbocycles. The molecule has 0 aliphatic rings. The predicted octanol–water partition coefficient (Wildman–Crippen LogP) is 2.13. The van der Waals surface area contributed by atoms with Gasteiger partial charge in [0.05, 0.1) is 13.7 Å². The maximum atomic E-state index is 12.2. The molecule has 1 atom stereocenters. The van der Waals surface area contributed by atoms with Gasteiger partial charge in [-0.25, -0.2) is 4.79 Å². The number of hydrogen-bond acceptors (Lipinski definition) is 6. The summed E-state index contributed by atoms with van der Waals surface area (Å²) in [6.45, 7) is 5.95. The quantitative estimate of drug-likeness (QED) is 0.379. The topological polar surface area (TPSA) is 118 Å². The molecule has 0 bridgehead atoms. The third-order valence-corrected chi connectivity index (χ3v) is 4.88. The number of ether oxygens (including phenoxy) is 1. The van der Waals surface area contributed by atoms with Crippen LogP contribution in [0.5, 0.6) is 0 Å². The van der Waals surface area contributed by atoms with Gasteiger partial charge in [0.2, 0.25) is 11.8 Å². The van der Waals surface area contributed by atoms with Crippen LogP contribution in [0.2, 0.25) is 0 Å². The molecule has 2 rings (SSSR count). The van der Waals surface area contributed by atoms with Gasteiger partial charge < -0.3 is 15.4 Å². The molecule has 0 spiro atoms. The Morgan fingerprint density at radius 1 is 1.26 bits per heavy atom. The third kappa shape index (κ3) is 7.32. The Bertz CT molecular complexity index is 982. The number of aromatic nitrogens is 3. The first-order chi connectivity index (χ1) is 14.7. The summed E-state index contributed by atoms with van der Waals surface area (Å²) in [5, 5.41) is 12.2. The van der Waals surface area contributed by atoms with E-state index in [1.165, 1.54) is 7.11 Å². The van der Waals surface area contributed by atoms with Gasteiger partial charge in [-0.1, -0.05) is 37.6 Å². The second-order valence-corrected chi connectivity index (χ2v) is 8.06. The van der Waals surface area contributed by atoms with E-state index in [1.807, 2.05) is 45.0 Å². The van der Waals surface area contributed by atoms with E-state index in [1.54, 1.807) is 4.57 Å². The zero-order valence-electron chi connectivity index (χ0n) is 18.2. The van der Waals surface area contributed by atoms with Crippen molar-refractivity contribution in [3.05, 3.63) is 34.6 Å². The number of nitrogens with zero attached hydrogens (tertiary/aromatic N) is 2. The Kier molecular flexibility index (Phi) is 8.92. The zero-order chi connectivity index (χ0) is 23.0. The molecule has 10 heteroatoms. The fourth-order valence-corrected chi connectivity index (χ4v) is 3.31. The molecule has 31 heavy (non-hydrogen) atoms. The Morgan fingerprint density at radius 2 is 2.00 bits per heavy atom. The van der Waals surface area contributed by atoms with Crippen molar-refractivity contribution in [2.24, 2.45) is 5.92 Å². The second kappa shape index (κ2) is 11.4. The van der Waals surface area contributed by atoms with Crippen molar-refractivity contribution in [3.63, 3.8) is 0 Å². The molecule has 0 saturated heterocycles. The van der Waals surface area contributed by atoms with Gasteiger partial charge in [-0.15, -0.1) is 0 Å². The first-order valence-corrected chi connectivity index (χ1v) is 10.5. The standard InChI is InChI=1S/C21H29N5O4S/c1-13(2)10-16(20(29)30-4)23-18(28)12-22-17(27)8-9-26-19(24-25-21(26)31)15-7-5-6-14(3)11-15/h5-7,11,13,16H,8-10,12H2,1-4H3,(H,22,27)(H,23,28)(H,25,31)/t16-/m0/s1. The number of esters is 1. The first kappa shape index (κ1) is 24.3. The molecule has 1 aromatic carbocycles. The van der Waals surface area contributed by atoms with Gasteiger partial charge in [0, 0.05) is 18.5 Å². The van der Waals surface area contributed by atoms with E-state index in [0.717, 1.165) is 11.1 Å². The van der Waals surface area contributed by atoms with Crippen LogP contribution in [0.4, 0.5) is 0 Å². The van der Waals surface area contributed by atoms with Crippen LogP contribution in [0.3, 0.4) is 0 Å². The first-order valence-electron chi connectivity index (χ1n) is 10.1. The number of carbonyl (C=O) groups excluding carboxylic acids is 3. The van der Waals surface area contributed by atoms with E-state index in [2.05, 4.69) is 20.8 Å². The minimum absolute atomic E-state index is 0.117. The normalized spacial score (nSPS) is 11.8. The number of benzene rings is 1. The Morgan fingerprint density at radius 3 is 2.65 bits per heavy atom. The number of aryl methyl sites for hydroxylation is 1. The molecule has 168 valence electrons. The van der Waals surface area contributed by atoms with Crippen LogP contribution in [0.1, 0.15) is 32.3 Å². The summed E-state index contributed by atoms with van der Waals surface area (Å²) in [7, 11) is 1.27. The third-order valence-electron chi connectivity index (χ3n) is 4.57. The van der Waals surface area contributed by atoms with Crippen molar-refractivity contribution < 1.29 is 19.1 Å². The molecule has 0 aliphatic heterocycles. The molecule has 2 aromatic rings. The molecule has 0 saturated carbocycles. The fraction of sp³-hybridized carbons (Fsp3) is 0.476. The highest BCUT2D eigenvalue weighted by molar-refractivity contribution is 7.71. The number of carbonyl (C=O) groups is 3. The van der Waals surface area contributed by atoms with Crippen LogP contribution >= 0.6 is 12.2 Å². The molecule has 3 N–H and O–H groups in total. The van der Waals surface area contributed by atoms with Crippen molar-refractivity contribution in [2.45, 2.75) is 46.2 Å². The summed E-state index contributed by atoms with van der Waals surface area (Å²) in [4.78, 5) is 36.2. The van der Waals surface area contributed by atoms with Crippen LogP contribution in [-0.2, 0) is 25.7 Å². The van der Waals surface area contributed by atoms with Crippen LogP contribution in [0, 0.1) is 17.6 Å². The van der Waals surface area contributed by atoms with E-state index in [9.17, 15) is 14.4 Å². The summed E-state index contributed by atoms with van der Waals surface area (Å²) in [6, 6.07) is 7.09. The van der Waals surface area contributed by atoms with Crippen LogP contribution in [-0.4, -0.2) is 52.2 Å². The second-order valence-electron chi connectivity index (χ2n) is 7.67. The minimum Gasteiger partial charge on any atom is -0.467 e. The molecule has 2 amide bonds. The number of methoxy groups -OCH3 is 1. The molecule has 9 nitrogen and oxygen atoms in total. The molecule has 0 radical (unpaired) electrons. The van der Waals surface area contributed by atoms with Crippen molar-refractivity contribution in [3.8, 4) is 11.4 Å². The molecular weight excluding hydrogens is 418 g/mol. The molecule has 1 heterocycles. The van der Waals surface area contributed by atoms with Crippen LogP contribution < -0.4 is 10.6 Å². The van der Waals surface area contributed by atoms with Gasteiger partial charge in [-0.05, 0) is 37.5 Å². The lowest BCUT2D eigenvalue weighted by Crippen LogP contribution is -2.46. The van der Waals surface area contributed by atoms with Crippen LogP contribution in [0.15, 0.2) is 24.3 Å². The van der Waals surface area contributed by atoms with Gasteiger partial charge >= 0.3 is 5.97 Å². The Hall–Kier alpha value is -3.01. The Labute approximate surface area is 186 Å². The van der Waals surface area contributed by atoms with Crippen molar-refractivity contribution in [1.82, 2.24) is 25.4 Å². The summed E-state index contributed by atoms with van der Waals surface area (Å²) in [6.07, 6.45) is 0.569. The van der Waals surface area contributed by atoms with Gasteiger partial charge in [0.1, 0.15) is 6.04 Å². The smallest absolute Gasteiger partial charge is 0.328 e. The van der Waals surface area contributed by atoms with Crippen molar-refractivity contribution in [1.29, 1.82) is 0 Å². The molecular formula is C21H29N5O4S. The summed E-state index contributed by atoms with van der Waals surface area (Å²) in [5.41, 5.74) is 1.98. The number of nitrogens with one attached hydrogen (secondary N) is 3. The van der Waals surface area contributed by atoms with Crippen molar-refractivity contribution >= 4 is 30.0 Å². The number of H-pyrrole nitrogens is 1. The van der Waals surface area contributed by atoms with E-state index in [0.29, 0.717) is 23.6 Å². The van der Waals surface area contributed by atoms with E-state index < -0.39 is 17.9 Å². The average Bonchev–Trinajstić information content (AvgIpc) is 3.09. The minimum atomic E-state index is -0.740. The van der Waals surface area contributed by atoms with E-state index in [-0.39, 0.29) is 24.8 Å². The van der Waals surface area contributed by atoms with Crippen LogP contribution in [0.25, 0.3) is 11.4 Å². The predicted molar refractivity (Wildman–Crippen MR) is 119 cm³/mol. The highest BCUT2D eigenvalue weighted by Gasteiger charge is 2.22. The monoisotopic (exact) mass is 447 g/mol. The van der Waals surface area contributed by atoms with Gasteiger partial charge in [-0.2, -0.15) is 5.10 Å². The maximum absolute atomic E-state index is 12.2. The van der Waals surface area contributed by atoms with E-state index in [4.69, 9.17) is 17.0 Å². The highest BCUT2D eigenvalue weighted by atomic mass is 32.1. The molecule has 1 aromatic heterocycles. The lowest BCUT2D eigenvalue weighted by atomic mass is 10.0. The zero-order valence-corrected chi connectivity index (χ0v) is 19.0. The summed E-state index contributed by atoms with van der Waals surface area (Å²) >= 11 is 5.29. The van der Waals surface area contributed by atoms with Gasteiger partial charge in [0.15, 0.2) is 10.6 Å². The van der Waals surface area contributed by atoms with Gasteiger partial charge in [0.25, 0.3) is 0 Å². The highest BCUT2D eigenvalue weighted by Crippen LogP contribution is 2.18. The van der Waals surface area contributed by atoms with Gasteiger partial charge in [-0.3, -0.25) is 19.3 Å². The maximum Gasteiger partial charge on any atom is 0.328 e. The average molecular weight is 448 g/mol. The summed E-state index contributed by atoms with van der Waals surface area (Å²) < 4.78 is 6.89. The van der Waals surface area contributed by atoms with Crippen molar-refractivity contribution in [2.75, 3.05) is 13.7 Å². The molecule has 0 unspecified atom stereocenters. The lowest BCUT2D eigenvalue weighted by Gasteiger charge is -2.18. The van der Waals surface area contributed by atoms with E-state index >= 15 is 0 Å². The fourth-order valence-electron chi connectivity index (χ4n) is 3.08. The number of rotatable bonds is 10. The Balaban J connectivity index is 1.90. The lowest BCUT2D eigenvalue weighted by molar-refractivity contribution is -0.145. The number of aromatic amines is 1. The number of hydrogen-bond donors (Lipinski definition) is 3. The molecule has 0 fully saturated rings. The summed E-state index contributed by atoms with van der Waals surface area (Å²) in [5.74, 6) is -0.432.